The highest BCUT2D eigenvalue weighted by molar-refractivity contribution is 5.96. The first-order chi connectivity index (χ1) is 13.4. The van der Waals surface area contributed by atoms with E-state index in [2.05, 4.69) is 6.58 Å². The fraction of sp³-hybridized carbons (Fsp3) is 0.478. The van der Waals surface area contributed by atoms with Crippen LogP contribution in [0.3, 0.4) is 0 Å². The number of hydrogen-bond acceptors (Lipinski definition) is 5. The van der Waals surface area contributed by atoms with E-state index in [4.69, 9.17) is 9.47 Å². The van der Waals surface area contributed by atoms with Crippen molar-refractivity contribution in [3.8, 4) is 0 Å². The summed E-state index contributed by atoms with van der Waals surface area (Å²) in [6.45, 7) is 10.4. The highest BCUT2D eigenvalue weighted by atomic mass is 16.5. The number of carbonyl (C=O) groups is 2. The molecule has 5 nitrogen and oxygen atoms in total. The summed E-state index contributed by atoms with van der Waals surface area (Å²) >= 11 is 0. The molecule has 5 heteroatoms. The van der Waals surface area contributed by atoms with E-state index < -0.39 is 5.41 Å². The van der Waals surface area contributed by atoms with E-state index in [0.717, 1.165) is 24.1 Å². The minimum atomic E-state index is -1.14. The van der Waals surface area contributed by atoms with Crippen LogP contribution in [0, 0.1) is 11.8 Å². The molecule has 2 atom stereocenters. The third-order valence-electron chi connectivity index (χ3n) is 5.95. The molecule has 28 heavy (non-hydrogen) atoms. The van der Waals surface area contributed by atoms with Gasteiger partial charge in [-0.25, -0.2) is 4.79 Å². The number of carbonyl (C=O) groups excluding carboxylic acids is 2. The Morgan fingerprint density at radius 2 is 1.75 bits per heavy atom. The summed E-state index contributed by atoms with van der Waals surface area (Å²) in [6.07, 6.45) is 1.93. The lowest BCUT2D eigenvalue weighted by Gasteiger charge is -2.49. The maximum absolute atomic E-state index is 13.6. The monoisotopic (exact) mass is 383 g/mol. The van der Waals surface area contributed by atoms with Crippen molar-refractivity contribution < 1.29 is 19.1 Å². The van der Waals surface area contributed by atoms with Gasteiger partial charge in [0.15, 0.2) is 0 Å². The van der Waals surface area contributed by atoms with Gasteiger partial charge < -0.3 is 14.4 Å². The van der Waals surface area contributed by atoms with Crippen LogP contribution in [0.25, 0.3) is 0 Å². The standard InChI is InChI=1S/C23H29NO4/c1-6-27-21(25)19-15(3)24(5)16(4)23(22(26)28-7-2,20(19)17-13-14-17)18-11-9-8-10-12-18/h8-12,17,20H,4,6-7,13-14H2,1-3,5H3/t20-,23-/m0/s1. The lowest BCUT2D eigenvalue weighted by molar-refractivity contribution is -0.152. The minimum Gasteiger partial charge on any atom is -0.465 e. The SMILES string of the molecule is C=C1N(C)C(C)=C(C(=O)OCC)[C@H](C2CC2)[C@@]1(C(=O)OCC)c1ccccc1. The van der Waals surface area contributed by atoms with Crippen molar-refractivity contribution in [2.24, 2.45) is 11.8 Å². The van der Waals surface area contributed by atoms with Gasteiger partial charge in [-0.2, -0.15) is 0 Å². The zero-order chi connectivity index (χ0) is 20.5. The zero-order valence-corrected chi connectivity index (χ0v) is 17.2. The van der Waals surface area contributed by atoms with Crippen molar-refractivity contribution >= 4 is 11.9 Å². The Hall–Kier alpha value is -2.56. The molecule has 0 saturated heterocycles. The van der Waals surface area contributed by atoms with Crippen molar-refractivity contribution in [3.63, 3.8) is 0 Å². The molecule has 0 aromatic heterocycles. The average Bonchev–Trinajstić information content (AvgIpc) is 3.52. The molecular formula is C23H29NO4. The first-order valence-corrected chi connectivity index (χ1v) is 9.94. The Morgan fingerprint density at radius 3 is 2.29 bits per heavy atom. The number of nitrogens with zero attached hydrogens (tertiary/aromatic N) is 1. The van der Waals surface area contributed by atoms with Crippen LogP contribution >= 0.6 is 0 Å². The van der Waals surface area contributed by atoms with Crippen molar-refractivity contribution in [1.29, 1.82) is 0 Å². The van der Waals surface area contributed by atoms with Crippen LogP contribution in [-0.4, -0.2) is 37.1 Å². The Balaban J connectivity index is 2.31. The predicted octanol–water partition coefficient (Wildman–Crippen LogP) is 3.81. The van der Waals surface area contributed by atoms with Gasteiger partial charge in [-0.1, -0.05) is 36.9 Å². The molecule has 0 amide bonds. The second-order valence-electron chi connectivity index (χ2n) is 7.43. The number of esters is 2. The Kier molecular flexibility index (Phi) is 5.64. The van der Waals surface area contributed by atoms with Gasteiger partial charge in [-0.05, 0) is 45.1 Å². The van der Waals surface area contributed by atoms with Crippen LogP contribution in [0.1, 0.15) is 39.2 Å². The predicted molar refractivity (Wildman–Crippen MR) is 107 cm³/mol. The van der Waals surface area contributed by atoms with Crippen LogP contribution in [0.2, 0.25) is 0 Å². The highest BCUT2D eigenvalue weighted by Gasteiger charge is 2.61. The molecule has 1 aromatic rings. The fourth-order valence-corrected chi connectivity index (χ4v) is 4.43. The summed E-state index contributed by atoms with van der Waals surface area (Å²) in [6, 6.07) is 9.58. The van der Waals surface area contributed by atoms with Crippen LogP contribution in [0.4, 0.5) is 0 Å². The van der Waals surface area contributed by atoms with Crippen LogP contribution in [-0.2, 0) is 24.5 Å². The summed E-state index contributed by atoms with van der Waals surface area (Å²) in [7, 11) is 1.84. The lowest BCUT2D eigenvalue weighted by Crippen LogP contribution is -2.55. The van der Waals surface area contributed by atoms with Gasteiger partial charge in [0.2, 0.25) is 0 Å². The van der Waals surface area contributed by atoms with E-state index in [1.165, 1.54) is 0 Å². The Morgan fingerprint density at radius 1 is 1.14 bits per heavy atom. The molecule has 0 N–H and O–H groups in total. The second kappa shape index (κ2) is 7.82. The number of benzene rings is 1. The second-order valence-corrected chi connectivity index (χ2v) is 7.43. The van der Waals surface area contributed by atoms with Gasteiger partial charge in [0, 0.05) is 24.4 Å². The lowest BCUT2D eigenvalue weighted by atomic mass is 9.61. The number of ether oxygens (including phenoxy) is 2. The number of likely N-dealkylation sites (N-methyl/N-ethyl adjacent to an activating group) is 1. The minimum absolute atomic E-state index is 0.212. The maximum atomic E-state index is 13.6. The molecule has 1 heterocycles. The summed E-state index contributed by atoms with van der Waals surface area (Å²) in [5.41, 5.74) is 1.65. The van der Waals surface area contributed by atoms with Crippen molar-refractivity contribution in [3.05, 3.63) is 59.4 Å². The smallest absolute Gasteiger partial charge is 0.336 e. The molecule has 1 fully saturated rings. The van der Waals surface area contributed by atoms with Gasteiger partial charge in [-0.3, -0.25) is 4.79 Å². The largest absolute Gasteiger partial charge is 0.465 e. The van der Waals surface area contributed by atoms with Gasteiger partial charge in [-0.15, -0.1) is 0 Å². The van der Waals surface area contributed by atoms with E-state index >= 15 is 0 Å². The summed E-state index contributed by atoms with van der Waals surface area (Å²) < 4.78 is 11.0. The first kappa shape index (κ1) is 20.2. The van der Waals surface area contributed by atoms with Crippen molar-refractivity contribution in [1.82, 2.24) is 4.90 Å². The van der Waals surface area contributed by atoms with Crippen molar-refractivity contribution in [2.75, 3.05) is 20.3 Å². The molecule has 1 saturated carbocycles. The molecule has 0 radical (unpaired) electrons. The summed E-state index contributed by atoms with van der Waals surface area (Å²) in [4.78, 5) is 28.4. The number of allylic oxidation sites excluding steroid dienone is 1. The molecule has 150 valence electrons. The Bertz CT molecular complexity index is 809. The maximum Gasteiger partial charge on any atom is 0.336 e. The quantitative estimate of drug-likeness (QED) is 0.699. The van der Waals surface area contributed by atoms with Gasteiger partial charge in [0.1, 0.15) is 5.41 Å². The molecular weight excluding hydrogens is 354 g/mol. The number of rotatable bonds is 6. The van der Waals surface area contributed by atoms with Gasteiger partial charge >= 0.3 is 11.9 Å². The van der Waals surface area contributed by atoms with E-state index in [1.807, 2.05) is 49.2 Å². The summed E-state index contributed by atoms with van der Waals surface area (Å²) in [5, 5.41) is 0. The zero-order valence-electron chi connectivity index (χ0n) is 17.2. The molecule has 3 rings (SSSR count). The van der Waals surface area contributed by atoms with E-state index in [1.54, 1.807) is 13.8 Å². The fourth-order valence-electron chi connectivity index (χ4n) is 4.43. The number of hydrogen-bond donors (Lipinski definition) is 0. The third kappa shape index (κ3) is 3.03. The third-order valence-corrected chi connectivity index (χ3v) is 5.95. The average molecular weight is 383 g/mol. The first-order valence-electron chi connectivity index (χ1n) is 9.94. The molecule has 1 aliphatic heterocycles. The normalized spacial score (nSPS) is 24.9. The van der Waals surface area contributed by atoms with Crippen LogP contribution in [0.5, 0.6) is 0 Å². The molecule has 1 aliphatic carbocycles. The molecule has 0 spiro atoms. The van der Waals surface area contributed by atoms with Crippen LogP contribution in [0.15, 0.2) is 53.9 Å². The van der Waals surface area contributed by atoms with E-state index in [0.29, 0.717) is 11.3 Å². The highest BCUT2D eigenvalue weighted by Crippen LogP contribution is 2.58. The topological polar surface area (TPSA) is 55.8 Å². The molecule has 1 aromatic carbocycles. The van der Waals surface area contributed by atoms with E-state index in [9.17, 15) is 9.59 Å². The van der Waals surface area contributed by atoms with Crippen LogP contribution < -0.4 is 0 Å². The van der Waals surface area contributed by atoms with E-state index in [-0.39, 0.29) is 37.0 Å². The molecule has 0 bridgehead atoms. The molecule has 2 aliphatic rings. The van der Waals surface area contributed by atoms with Gasteiger partial charge in [0.05, 0.1) is 18.8 Å². The Labute approximate surface area is 167 Å². The molecule has 0 unspecified atom stereocenters. The van der Waals surface area contributed by atoms with Gasteiger partial charge in [0.25, 0.3) is 0 Å². The summed E-state index contributed by atoms with van der Waals surface area (Å²) in [5.74, 6) is -0.855. The van der Waals surface area contributed by atoms with Crippen molar-refractivity contribution in [2.45, 2.75) is 39.0 Å².